The maximum atomic E-state index is 12.9. The molecule has 0 fully saturated rings. The van der Waals surface area contributed by atoms with Crippen molar-refractivity contribution in [2.45, 2.75) is 51.0 Å². The van der Waals surface area contributed by atoms with Crippen molar-refractivity contribution >= 4 is 28.8 Å². The predicted octanol–water partition coefficient (Wildman–Crippen LogP) is 4.43. The summed E-state index contributed by atoms with van der Waals surface area (Å²) in [5, 5.41) is 16.8. The van der Waals surface area contributed by atoms with Crippen molar-refractivity contribution in [3.05, 3.63) is 102 Å². The first-order valence-electron chi connectivity index (χ1n) is 14.0. The Balaban J connectivity index is 1.27. The second kappa shape index (κ2) is 13.0. The molecule has 218 valence electrons. The first-order chi connectivity index (χ1) is 20.3. The Morgan fingerprint density at radius 3 is 2.62 bits per heavy atom. The normalized spacial score (nSPS) is 15.2. The van der Waals surface area contributed by atoms with Gasteiger partial charge in [-0.05, 0) is 48.2 Å². The Morgan fingerprint density at radius 1 is 1.05 bits per heavy atom. The van der Waals surface area contributed by atoms with Crippen LogP contribution in [0.25, 0.3) is 16.8 Å². The van der Waals surface area contributed by atoms with Crippen LogP contribution in [0.4, 0.5) is 4.79 Å². The summed E-state index contributed by atoms with van der Waals surface area (Å²) in [7, 11) is 0. The zero-order valence-electron chi connectivity index (χ0n) is 23.8. The molecule has 10 heteroatoms. The van der Waals surface area contributed by atoms with E-state index in [0.717, 1.165) is 21.9 Å². The first-order valence-corrected chi connectivity index (χ1v) is 14.0. The topological polar surface area (TPSA) is 133 Å². The van der Waals surface area contributed by atoms with Crippen molar-refractivity contribution in [3.8, 4) is 0 Å². The molecule has 1 aliphatic rings. The number of allylic oxidation sites excluding steroid dienone is 1. The largest absolute Gasteiger partial charge is 0.447 e. The highest BCUT2D eigenvalue weighted by Crippen LogP contribution is 2.27. The number of ether oxygens (including phenoxy) is 2. The number of carbonyl (C=O) groups is 2. The van der Waals surface area contributed by atoms with Crippen LogP contribution in [-0.2, 0) is 27.4 Å². The Hall–Kier alpha value is -4.54. The molecule has 1 aromatic heterocycles. The second-order valence-electron chi connectivity index (χ2n) is 10.9. The molecule has 4 aromatic rings. The van der Waals surface area contributed by atoms with E-state index in [-0.39, 0.29) is 25.2 Å². The van der Waals surface area contributed by atoms with Gasteiger partial charge in [0.15, 0.2) is 11.6 Å². The molecule has 2 atom stereocenters. The van der Waals surface area contributed by atoms with E-state index in [4.69, 9.17) is 15.2 Å². The van der Waals surface area contributed by atoms with Gasteiger partial charge >= 0.3 is 6.09 Å². The number of hydrogen-bond acceptors (Lipinski definition) is 7. The molecule has 0 aliphatic carbocycles. The minimum Gasteiger partial charge on any atom is -0.447 e. The lowest BCUT2D eigenvalue weighted by Gasteiger charge is -2.28. The van der Waals surface area contributed by atoms with Crippen LogP contribution in [0.5, 0.6) is 0 Å². The van der Waals surface area contributed by atoms with Gasteiger partial charge in [-0.1, -0.05) is 78.9 Å². The number of alkyl carbamates (subject to hydrolysis) is 1. The molecule has 2 heterocycles. The molecule has 0 spiro atoms. The maximum absolute atomic E-state index is 12.9. The lowest BCUT2D eigenvalue weighted by atomic mass is 10.0. The van der Waals surface area contributed by atoms with E-state index in [0.29, 0.717) is 31.2 Å². The highest BCUT2D eigenvalue weighted by molar-refractivity contribution is 5.86. The van der Waals surface area contributed by atoms with Gasteiger partial charge in [-0.3, -0.25) is 4.79 Å². The van der Waals surface area contributed by atoms with E-state index in [1.165, 1.54) is 0 Å². The Labute approximate surface area is 244 Å². The van der Waals surface area contributed by atoms with Gasteiger partial charge in [-0.2, -0.15) is 0 Å². The standard InChI is InChI=1S/C32H36N6O4/c1-32(2,33)30(39)35-27(21-41-19-22-10-4-3-5-11-22)29-37-36-28-17-9-15-25(38(28)29)20-42-31(40)34-18-24-14-8-13-23-12-6-7-16-26(23)24/h3-14,16-17,25,27H,15,18-21,33H2,1-2H3,(H,34,40)(H,35,39)/t25?,27-/m1/s1. The van der Waals surface area contributed by atoms with Gasteiger partial charge in [0.25, 0.3) is 0 Å². The summed E-state index contributed by atoms with van der Waals surface area (Å²) in [5.41, 5.74) is 6.99. The number of amides is 2. The van der Waals surface area contributed by atoms with Gasteiger partial charge < -0.3 is 30.4 Å². The summed E-state index contributed by atoms with van der Waals surface area (Å²) < 4.78 is 13.6. The van der Waals surface area contributed by atoms with Crippen molar-refractivity contribution in [1.29, 1.82) is 0 Å². The fourth-order valence-corrected chi connectivity index (χ4v) is 4.85. The molecule has 10 nitrogen and oxygen atoms in total. The molecule has 3 aromatic carbocycles. The van der Waals surface area contributed by atoms with Crippen molar-refractivity contribution in [2.75, 3.05) is 13.2 Å². The fraction of sp³-hybridized carbons (Fsp3) is 0.312. The molecule has 0 saturated carbocycles. The minimum atomic E-state index is -1.10. The monoisotopic (exact) mass is 568 g/mol. The van der Waals surface area contributed by atoms with Crippen molar-refractivity contribution in [2.24, 2.45) is 5.73 Å². The SMILES string of the molecule is CC(C)(N)C(=O)N[C@H](COCc1ccccc1)c1nnc2n1C(COC(=O)NCc1cccc3ccccc13)CC=C2. The van der Waals surface area contributed by atoms with Crippen LogP contribution in [-0.4, -0.2) is 45.5 Å². The number of carbonyl (C=O) groups excluding carboxylic acids is 2. The number of nitrogens with zero attached hydrogens (tertiary/aromatic N) is 3. The molecular weight excluding hydrogens is 532 g/mol. The average Bonchev–Trinajstić information content (AvgIpc) is 3.43. The van der Waals surface area contributed by atoms with Crippen LogP contribution in [0.3, 0.4) is 0 Å². The summed E-state index contributed by atoms with van der Waals surface area (Å²) >= 11 is 0. The summed E-state index contributed by atoms with van der Waals surface area (Å²) in [6, 6.07) is 22.9. The molecule has 4 N–H and O–H groups in total. The summed E-state index contributed by atoms with van der Waals surface area (Å²) in [5.74, 6) is 0.764. The summed E-state index contributed by atoms with van der Waals surface area (Å²) in [4.78, 5) is 25.6. The highest BCUT2D eigenvalue weighted by Gasteiger charge is 2.31. The number of hydrogen-bond donors (Lipinski definition) is 3. The van der Waals surface area contributed by atoms with Gasteiger partial charge in [-0.15, -0.1) is 10.2 Å². The lowest BCUT2D eigenvalue weighted by Crippen LogP contribution is -2.51. The summed E-state index contributed by atoms with van der Waals surface area (Å²) in [6.45, 7) is 4.23. The van der Waals surface area contributed by atoms with Gasteiger partial charge in [0.1, 0.15) is 12.6 Å². The van der Waals surface area contributed by atoms with E-state index < -0.39 is 17.7 Å². The van der Waals surface area contributed by atoms with Gasteiger partial charge in [-0.25, -0.2) is 4.79 Å². The first kappa shape index (κ1) is 29.0. The molecule has 0 radical (unpaired) electrons. The van der Waals surface area contributed by atoms with Crippen molar-refractivity contribution in [1.82, 2.24) is 25.4 Å². The third-order valence-electron chi connectivity index (χ3n) is 7.10. The third-order valence-corrected chi connectivity index (χ3v) is 7.10. The number of benzene rings is 3. The molecule has 0 saturated heterocycles. The van der Waals surface area contributed by atoms with E-state index in [1.54, 1.807) is 13.8 Å². The number of nitrogens with two attached hydrogens (primary N) is 1. The van der Waals surface area contributed by atoms with Crippen LogP contribution in [0.1, 0.15) is 55.1 Å². The Morgan fingerprint density at radius 2 is 1.81 bits per heavy atom. The number of nitrogens with one attached hydrogen (secondary N) is 2. The van der Waals surface area contributed by atoms with E-state index in [2.05, 4.69) is 20.8 Å². The molecule has 1 unspecified atom stereocenters. The zero-order chi connectivity index (χ0) is 29.5. The van der Waals surface area contributed by atoms with Gasteiger partial charge in [0.05, 0.1) is 24.8 Å². The zero-order valence-corrected chi connectivity index (χ0v) is 23.8. The maximum Gasteiger partial charge on any atom is 0.407 e. The molecular formula is C32H36N6O4. The smallest absolute Gasteiger partial charge is 0.407 e. The fourth-order valence-electron chi connectivity index (χ4n) is 4.85. The Kier molecular flexibility index (Phi) is 8.94. The number of rotatable bonds is 11. The van der Waals surface area contributed by atoms with E-state index >= 15 is 0 Å². The van der Waals surface area contributed by atoms with Crippen LogP contribution in [0.15, 0.2) is 78.9 Å². The molecule has 5 rings (SSSR count). The third kappa shape index (κ3) is 7.02. The van der Waals surface area contributed by atoms with E-state index in [9.17, 15) is 9.59 Å². The van der Waals surface area contributed by atoms with Crippen LogP contribution in [0, 0.1) is 0 Å². The Bertz CT molecular complexity index is 1560. The average molecular weight is 569 g/mol. The minimum absolute atomic E-state index is 0.0949. The molecule has 2 amide bonds. The number of fused-ring (bicyclic) bond motifs is 2. The van der Waals surface area contributed by atoms with Crippen molar-refractivity contribution < 1.29 is 19.1 Å². The molecule has 42 heavy (non-hydrogen) atoms. The molecule has 1 aliphatic heterocycles. The van der Waals surface area contributed by atoms with Gasteiger partial charge in [0, 0.05) is 6.54 Å². The number of aromatic nitrogens is 3. The van der Waals surface area contributed by atoms with Crippen molar-refractivity contribution in [3.63, 3.8) is 0 Å². The molecule has 0 bridgehead atoms. The van der Waals surface area contributed by atoms with E-state index in [1.807, 2.05) is 89.5 Å². The predicted molar refractivity (Wildman–Crippen MR) is 160 cm³/mol. The lowest BCUT2D eigenvalue weighted by molar-refractivity contribution is -0.126. The van der Waals surface area contributed by atoms with Crippen LogP contribution < -0.4 is 16.4 Å². The van der Waals surface area contributed by atoms with Crippen LogP contribution in [0.2, 0.25) is 0 Å². The van der Waals surface area contributed by atoms with Crippen LogP contribution >= 0.6 is 0 Å². The summed E-state index contributed by atoms with van der Waals surface area (Å²) in [6.07, 6.45) is 3.92. The second-order valence-corrected chi connectivity index (χ2v) is 10.9. The van der Waals surface area contributed by atoms with Gasteiger partial charge in [0.2, 0.25) is 5.91 Å². The highest BCUT2D eigenvalue weighted by atomic mass is 16.5. The quantitative estimate of drug-likeness (QED) is 0.244.